The lowest BCUT2D eigenvalue weighted by atomic mass is 9.91. The maximum Gasteiger partial charge on any atom is -0.00462 e. The number of rotatable bonds is 3. The Labute approximate surface area is 76.2 Å². The fourth-order valence-electron chi connectivity index (χ4n) is 1.97. The van der Waals surface area contributed by atoms with E-state index in [1.165, 1.54) is 38.8 Å². The average molecular weight is 167 g/mol. The van der Waals surface area contributed by atoms with Crippen molar-refractivity contribution in [3.8, 4) is 0 Å². The second kappa shape index (κ2) is 5.36. The molecule has 0 aromatic carbocycles. The van der Waals surface area contributed by atoms with Crippen LogP contribution in [-0.2, 0) is 0 Å². The van der Waals surface area contributed by atoms with Crippen molar-refractivity contribution in [2.24, 2.45) is 5.92 Å². The van der Waals surface area contributed by atoms with Crippen LogP contribution >= 0.6 is 0 Å². The van der Waals surface area contributed by atoms with Crippen molar-refractivity contribution in [1.82, 2.24) is 5.32 Å². The van der Waals surface area contributed by atoms with E-state index in [2.05, 4.69) is 25.2 Å². The highest BCUT2D eigenvalue weighted by Gasteiger charge is 2.12. The molecule has 0 amide bonds. The van der Waals surface area contributed by atoms with Crippen molar-refractivity contribution in [3.05, 3.63) is 11.6 Å². The minimum Gasteiger partial charge on any atom is -0.317 e. The molecule has 1 heterocycles. The summed E-state index contributed by atoms with van der Waals surface area (Å²) >= 11 is 0. The van der Waals surface area contributed by atoms with Gasteiger partial charge >= 0.3 is 0 Å². The fourth-order valence-corrected chi connectivity index (χ4v) is 1.97. The smallest absolute Gasteiger partial charge is 0.00462 e. The lowest BCUT2D eigenvalue weighted by molar-refractivity contribution is 0.371. The summed E-state index contributed by atoms with van der Waals surface area (Å²) in [5, 5.41) is 3.40. The summed E-state index contributed by atoms with van der Waals surface area (Å²) in [4.78, 5) is 0. The molecule has 1 saturated heterocycles. The molecule has 0 unspecified atom stereocenters. The Morgan fingerprint density at radius 3 is 2.67 bits per heavy atom. The third kappa shape index (κ3) is 3.40. The third-order valence-corrected chi connectivity index (χ3v) is 2.62. The summed E-state index contributed by atoms with van der Waals surface area (Å²) in [6, 6.07) is 0. The number of nitrogens with one attached hydrogen (secondary N) is 1. The molecular weight excluding hydrogens is 146 g/mol. The van der Waals surface area contributed by atoms with Crippen LogP contribution in [0.15, 0.2) is 11.6 Å². The average Bonchev–Trinajstić information content (AvgIpc) is 2.06. The minimum absolute atomic E-state index is 0.953. The molecule has 70 valence electrons. The molecule has 0 aromatic heterocycles. The molecule has 0 radical (unpaired) electrons. The van der Waals surface area contributed by atoms with E-state index in [0.29, 0.717) is 0 Å². The molecule has 1 heteroatoms. The predicted octanol–water partition coefficient (Wildman–Crippen LogP) is 2.73. The lowest BCUT2D eigenvalue weighted by Crippen LogP contribution is -2.27. The quantitative estimate of drug-likeness (QED) is 0.637. The molecule has 0 aliphatic carbocycles. The first-order chi connectivity index (χ1) is 5.83. The van der Waals surface area contributed by atoms with Gasteiger partial charge in [-0.05, 0) is 51.6 Å². The molecule has 1 aliphatic rings. The summed E-state index contributed by atoms with van der Waals surface area (Å²) < 4.78 is 0. The zero-order valence-electron chi connectivity index (χ0n) is 8.40. The standard InChI is InChI=1S/C11H21N/c1-3-4-10(2)9-11-5-7-12-8-6-11/h4,11-12H,3,5-9H2,1-2H3/b10-4+. The van der Waals surface area contributed by atoms with Crippen LogP contribution in [0.1, 0.15) is 39.5 Å². The maximum atomic E-state index is 3.40. The van der Waals surface area contributed by atoms with E-state index >= 15 is 0 Å². The molecule has 0 aromatic rings. The van der Waals surface area contributed by atoms with Gasteiger partial charge in [-0.1, -0.05) is 18.6 Å². The highest BCUT2D eigenvalue weighted by Crippen LogP contribution is 2.20. The van der Waals surface area contributed by atoms with Crippen LogP contribution in [0.4, 0.5) is 0 Å². The number of hydrogen-bond acceptors (Lipinski definition) is 1. The van der Waals surface area contributed by atoms with Gasteiger partial charge in [0.15, 0.2) is 0 Å². The molecule has 1 nitrogen and oxygen atoms in total. The Kier molecular flexibility index (Phi) is 4.37. The lowest BCUT2D eigenvalue weighted by Gasteiger charge is -2.22. The van der Waals surface area contributed by atoms with Gasteiger partial charge in [-0.3, -0.25) is 0 Å². The van der Waals surface area contributed by atoms with Crippen molar-refractivity contribution in [2.45, 2.75) is 39.5 Å². The number of allylic oxidation sites excluding steroid dienone is 2. The van der Waals surface area contributed by atoms with Gasteiger partial charge in [-0.15, -0.1) is 0 Å². The molecule has 1 aliphatic heterocycles. The Hall–Kier alpha value is -0.300. The van der Waals surface area contributed by atoms with Gasteiger partial charge in [0.05, 0.1) is 0 Å². The van der Waals surface area contributed by atoms with Crippen LogP contribution in [-0.4, -0.2) is 13.1 Å². The molecule has 0 bridgehead atoms. The highest BCUT2D eigenvalue weighted by molar-refractivity contribution is 4.99. The summed E-state index contributed by atoms with van der Waals surface area (Å²) in [6.45, 7) is 6.94. The monoisotopic (exact) mass is 167 g/mol. The summed E-state index contributed by atoms with van der Waals surface area (Å²) in [6.07, 6.45) is 7.62. The maximum absolute atomic E-state index is 3.40. The van der Waals surface area contributed by atoms with Gasteiger partial charge in [0.2, 0.25) is 0 Å². The first kappa shape index (κ1) is 9.79. The minimum atomic E-state index is 0.953. The Morgan fingerprint density at radius 2 is 2.08 bits per heavy atom. The Morgan fingerprint density at radius 1 is 1.42 bits per heavy atom. The van der Waals surface area contributed by atoms with Crippen LogP contribution in [0.25, 0.3) is 0 Å². The zero-order valence-corrected chi connectivity index (χ0v) is 8.40. The van der Waals surface area contributed by atoms with Crippen molar-refractivity contribution >= 4 is 0 Å². The van der Waals surface area contributed by atoms with Gasteiger partial charge in [0.25, 0.3) is 0 Å². The molecule has 0 atom stereocenters. The van der Waals surface area contributed by atoms with E-state index in [1.54, 1.807) is 5.57 Å². The summed E-state index contributed by atoms with van der Waals surface area (Å²) in [5.74, 6) is 0.953. The number of piperidine rings is 1. The van der Waals surface area contributed by atoms with Crippen LogP contribution < -0.4 is 5.32 Å². The van der Waals surface area contributed by atoms with Gasteiger partial charge in [0.1, 0.15) is 0 Å². The molecule has 1 rings (SSSR count). The molecule has 0 spiro atoms. The van der Waals surface area contributed by atoms with Crippen molar-refractivity contribution < 1.29 is 0 Å². The summed E-state index contributed by atoms with van der Waals surface area (Å²) in [7, 11) is 0. The topological polar surface area (TPSA) is 12.0 Å². The predicted molar refractivity (Wildman–Crippen MR) is 54.3 cm³/mol. The third-order valence-electron chi connectivity index (χ3n) is 2.62. The zero-order chi connectivity index (χ0) is 8.81. The number of hydrogen-bond donors (Lipinski definition) is 1. The SMILES string of the molecule is CC/C=C(\C)CC1CCNCC1. The molecule has 12 heavy (non-hydrogen) atoms. The molecule has 1 N–H and O–H groups in total. The normalized spacial score (nSPS) is 21.3. The Bertz CT molecular complexity index is 143. The van der Waals surface area contributed by atoms with Gasteiger partial charge in [0, 0.05) is 0 Å². The highest BCUT2D eigenvalue weighted by atomic mass is 14.9. The Balaban J connectivity index is 2.24. The first-order valence-electron chi connectivity index (χ1n) is 5.19. The molecule has 1 fully saturated rings. The largest absolute Gasteiger partial charge is 0.317 e. The van der Waals surface area contributed by atoms with Crippen LogP contribution in [0, 0.1) is 5.92 Å². The first-order valence-corrected chi connectivity index (χ1v) is 5.19. The van der Waals surface area contributed by atoms with E-state index < -0.39 is 0 Å². The second-order valence-corrected chi connectivity index (χ2v) is 3.86. The second-order valence-electron chi connectivity index (χ2n) is 3.86. The van der Waals surface area contributed by atoms with E-state index in [0.717, 1.165) is 5.92 Å². The van der Waals surface area contributed by atoms with Gasteiger partial charge < -0.3 is 5.32 Å². The molecule has 0 saturated carbocycles. The van der Waals surface area contributed by atoms with Crippen LogP contribution in [0.5, 0.6) is 0 Å². The van der Waals surface area contributed by atoms with Crippen LogP contribution in [0.3, 0.4) is 0 Å². The van der Waals surface area contributed by atoms with Gasteiger partial charge in [-0.25, -0.2) is 0 Å². The van der Waals surface area contributed by atoms with E-state index in [4.69, 9.17) is 0 Å². The van der Waals surface area contributed by atoms with Gasteiger partial charge in [-0.2, -0.15) is 0 Å². The van der Waals surface area contributed by atoms with E-state index in [-0.39, 0.29) is 0 Å². The van der Waals surface area contributed by atoms with Crippen molar-refractivity contribution in [3.63, 3.8) is 0 Å². The van der Waals surface area contributed by atoms with E-state index in [9.17, 15) is 0 Å². The van der Waals surface area contributed by atoms with Crippen LogP contribution in [0.2, 0.25) is 0 Å². The fraction of sp³-hybridized carbons (Fsp3) is 0.818. The van der Waals surface area contributed by atoms with E-state index in [1.807, 2.05) is 0 Å². The van der Waals surface area contributed by atoms with Crippen molar-refractivity contribution in [2.75, 3.05) is 13.1 Å². The molecular formula is C11H21N. The van der Waals surface area contributed by atoms with Crippen molar-refractivity contribution in [1.29, 1.82) is 0 Å². The summed E-state index contributed by atoms with van der Waals surface area (Å²) in [5.41, 5.74) is 1.59.